The lowest BCUT2D eigenvalue weighted by molar-refractivity contribution is -0.139. The lowest BCUT2D eigenvalue weighted by Gasteiger charge is -2.42. The lowest BCUT2D eigenvalue weighted by atomic mass is 9.85. The third-order valence-electron chi connectivity index (χ3n) is 5.20. The van der Waals surface area contributed by atoms with Gasteiger partial charge in [0.15, 0.2) is 0 Å². The molecule has 2 saturated carbocycles. The van der Waals surface area contributed by atoms with Gasteiger partial charge in [-0.25, -0.2) is 0 Å². The molecule has 0 atom stereocenters. The Hall–Kier alpha value is -2.41. The van der Waals surface area contributed by atoms with Crippen molar-refractivity contribution in [1.29, 1.82) is 0 Å². The molecule has 0 spiro atoms. The van der Waals surface area contributed by atoms with Gasteiger partial charge in [0.2, 0.25) is 0 Å². The van der Waals surface area contributed by atoms with Crippen molar-refractivity contribution < 1.29 is 14.7 Å². The van der Waals surface area contributed by atoms with Gasteiger partial charge in [0.25, 0.3) is 5.91 Å². The van der Waals surface area contributed by atoms with Crippen LogP contribution in [0.25, 0.3) is 10.9 Å². The maximum atomic E-state index is 12.4. The fourth-order valence-corrected chi connectivity index (χ4v) is 3.51. The first-order chi connectivity index (χ1) is 12.1. The molecule has 3 N–H and O–H groups in total. The van der Waals surface area contributed by atoms with E-state index in [1.54, 1.807) is 12.3 Å². The summed E-state index contributed by atoms with van der Waals surface area (Å²) >= 11 is 0. The Morgan fingerprint density at radius 1 is 1.32 bits per heavy atom. The highest BCUT2D eigenvalue weighted by molar-refractivity contribution is 5.98. The monoisotopic (exact) mass is 342 g/mol. The van der Waals surface area contributed by atoms with Gasteiger partial charge in [0, 0.05) is 29.6 Å². The summed E-state index contributed by atoms with van der Waals surface area (Å²) < 4.78 is 0. The summed E-state index contributed by atoms with van der Waals surface area (Å²) in [5, 5.41) is 19.9. The third-order valence-corrected chi connectivity index (χ3v) is 5.20. The molecular formula is C18H22N4O3. The number of amides is 1. The minimum absolute atomic E-state index is 0.0847. The van der Waals surface area contributed by atoms with Crippen LogP contribution in [0.4, 0.5) is 0 Å². The van der Waals surface area contributed by atoms with Crippen molar-refractivity contribution in [2.75, 3.05) is 13.1 Å². The lowest BCUT2D eigenvalue weighted by Crippen LogP contribution is -2.55. The first kappa shape index (κ1) is 16.1. The van der Waals surface area contributed by atoms with E-state index in [1.165, 1.54) is 12.8 Å². The Balaban J connectivity index is 1.32. The standard InChI is InChI=1S/C18H22N4O3/c23-17(24)10-22(9-11-1-2-11)15-6-14(7-15)20-18(25)12-3-4-16-13(5-12)8-19-21-16/h3-5,8,11,14-15H,1-2,6-7,9-10H2,(H,19,21)(H,20,25)(H,23,24). The van der Waals surface area contributed by atoms with Gasteiger partial charge in [-0.05, 0) is 49.8 Å². The highest BCUT2D eigenvalue weighted by Crippen LogP contribution is 2.33. The quantitative estimate of drug-likeness (QED) is 0.710. The van der Waals surface area contributed by atoms with Crippen LogP contribution in [0.5, 0.6) is 0 Å². The van der Waals surface area contributed by atoms with Crippen molar-refractivity contribution in [1.82, 2.24) is 20.4 Å². The molecule has 0 aliphatic heterocycles. The van der Waals surface area contributed by atoms with Crippen LogP contribution >= 0.6 is 0 Å². The van der Waals surface area contributed by atoms with Crippen LogP contribution in [0.3, 0.4) is 0 Å². The van der Waals surface area contributed by atoms with Crippen molar-refractivity contribution >= 4 is 22.8 Å². The van der Waals surface area contributed by atoms with Gasteiger partial charge < -0.3 is 10.4 Å². The van der Waals surface area contributed by atoms with Crippen LogP contribution in [0, 0.1) is 5.92 Å². The molecule has 4 rings (SSSR count). The molecule has 2 aliphatic carbocycles. The van der Waals surface area contributed by atoms with Crippen LogP contribution in [-0.4, -0.2) is 57.3 Å². The number of fused-ring (bicyclic) bond motifs is 1. The molecule has 25 heavy (non-hydrogen) atoms. The smallest absolute Gasteiger partial charge is 0.317 e. The molecule has 2 fully saturated rings. The molecule has 0 unspecified atom stereocenters. The Bertz CT molecular complexity index is 792. The molecule has 0 radical (unpaired) electrons. The topological polar surface area (TPSA) is 98.3 Å². The van der Waals surface area contributed by atoms with Gasteiger partial charge in [0.1, 0.15) is 0 Å². The molecule has 1 heterocycles. The zero-order valence-corrected chi connectivity index (χ0v) is 13.9. The first-order valence-electron chi connectivity index (χ1n) is 8.78. The van der Waals surface area contributed by atoms with E-state index in [-0.39, 0.29) is 24.5 Å². The number of nitrogens with one attached hydrogen (secondary N) is 2. The zero-order valence-electron chi connectivity index (χ0n) is 13.9. The number of rotatable bonds is 7. The molecule has 2 aliphatic rings. The second-order valence-corrected chi connectivity index (χ2v) is 7.23. The molecule has 1 aromatic heterocycles. The normalized spacial score (nSPS) is 22.8. The van der Waals surface area contributed by atoms with E-state index in [9.17, 15) is 9.59 Å². The van der Waals surface area contributed by atoms with Crippen LogP contribution in [0.1, 0.15) is 36.0 Å². The first-order valence-corrected chi connectivity index (χ1v) is 8.78. The molecule has 2 aromatic rings. The molecule has 0 bridgehead atoms. The fourth-order valence-electron chi connectivity index (χ4n) is 3.51. The Morgan fingerprint density at radius 2 is 2.12 bits per heavy atom. The fraction of sp³-hybridized carbons (Fsp3) is 0.500. The maximum Gasteiger partial charge on any atom is 0.317 e. The highest BCUT2D eigenvalue weighted by atomic mass is 16.4. The number of hydrogen-bond donors (Lipinski definition) is 3. The molecule has 1 amide bonds. The minimum atomic E-state index is -0.776. The van der Waals surface area contributed by atoms with Crippen LogP contribution in [0.2, 0.25) is 0 Å². The number of aromatic amines is 1. The van der Waals surface area contributed by atoms with E-state index in [4.69, 9.17) is 5.11 Å². The van der Waals surface area contributed by atoms with Crippen LogP contribution in [0.15, 0.2) is 24.4 Å². The van der Waals surface area contributed by atoms with Crippen molar-refractivity contribution in [2.45, 2.75) is 37.8 Å². The van der Waals surface area contributed by atoms with E-state index in [2.05, 4.69) is 20.4 Å². The van der Waals surface area contributed by atoms with Crippen LogP contribution < -0.4 is 5.32 Å². The number of carboxylic acid groups (broad SMARTS) is 1. The minimum Gasteiger partial charge on any atom is -0.480 e. The van der Waals surface area contributed by atoms with Crippen molar-refractivity contribution in [3.63, 3.8) is 0 Å². The summed E-state index contributed by atoms with van der Waals surface area (Å²) in [6.07, 6.45) is 5.76. The highest BCUT2D eigenvalue weighted by Gasteiger charge is 2.37. The Labute approximate surface area is 145 Å². The number of aromatic nitrogens is 2. The number of benzene rings is 1. The van der Waals surface area contributed by atoms with E-state index < -0.39 is 5.97 Å². The summed E-state index contributed by atoms with van der Waals surface area (Å²) in [6.45, 7) is 0.966. The Kier molecular flexibility index (Phi) is 4.17. The number of hydrogen-bond acceptors (Lipinski definition) is 4. The molecule has 0 saturated heterocycles. The van der Waals surface area contributed by atoms with Crippen molar-refractivity contribution in [2.24, 2.45) is 5.92 Å². The number of carbonyl (C=O) groups is 2. The van der Waals surface area contributed by atoms with E-state index >= 15 is 0 Å². The molecule has 132 valence electrons. The maximum absolute atomic E-state index is 12.4. The van der Waals surface area contributed by atoms with Gasteiger partial charge in [-0.1, -0.05) is 0 Å². The van der Waals surface area contributed by atoms with Gasteiger partial charge in [-0.3, -0.25) is 19.6 Å². The summed E-state index contributed by atoms with van der Waals surface area (Å²) in [5.41, 5.74) is 1.53. The van der Waals surface area contributed by atoms with Gasteiger partial charge in [-0.15, -0.1) is 0 Å². The van der Waals surface area contributed by atoms with Gasteiger partial charge in [0.05, 0.1) is 18.3 Å². The number of aliphatic carboxylic acids is 1. The average molecular weight is 342 g/mol. The average Bonchev–Trinajstić information content (AvgIpc) is 3.22. The summed E-state index contributed by atoms with van der Waals surface area (Å²) in [7, 11) is 0. The van der Waals surface area contributed by atoms with E-state index in [0.717, 1.165) is 30.3 Å². The molecule has 7 heteroatoms. The van der Waals surface area contributed by atoms with Crippen LogP contribution in [-0.2, 0) is 4.79 Å². The van der Waals surface area contributed by atoms with Gasteiger partial charge in [-0.2, -0.15) is 5.10 Å². The predicted molar refractivity (Wildman–Crippen MR) is 92.3 cm³/mol. The third kappa shape index (κ3) is 3.66. The molecule has 7 nitrogen and oxygen atoms in total. The summed E-state index contributed by atoms with van der Waals surface area (Å²) in [4.78, 5) is 25.5. The predicted octanol–water partition coefficient (Wildman–Crippen LogP) is 1.62. The second kappa shape index (κ2) is 6.48. The second-order valence-electron chi connectivity index (χ2n) is 7.23. The Morgan fingerprint density at radius 3 is 2.84 bits per heavy atom. The van der Waals surface area contributed by atoms with Crippen molar-refractivity contribution in [3.05, 3.63) is 30.0 Å². The number of carboxylic acids is 1. The number of nitrogens with zero attached hydrogens (tertiary/aromatic N) is 2. The SMILES string of the molecule is O=C(O)CN(CC1CC1)C1CC(NC(=O)c2ccc3[nH]ncc3c2)C1. The number of H-pyrrole nitrogens is 1. The van der Waals surface area contributed by atoms with Crippen molar-refractivity contribution in [3.8, 4) is 0 Å². The van der Waals surface area contributed by atoms with E-state index in [0.29, 0.717) is 11.5 Å². The largest absolute Gasteiger partial charge is 0.480 e. The summed E-state index contributed by atoms with van der Waals surface area (Å²) in [6, 6.07) is 5.85. The molecular weight excluding hydrogens is 320 g/mol. The van der Waals surface area contributed by atoms with E-state index in [1.807, 2.05) is 12.1 Å². The summed E-state index contributed by atoms with van der Waals surface area (Å²) in [5.74, 6) is -0.199. The zero-order chi connectivity index (χ0) is 17.4. The number of carbonyl (C=O) groups excluding carboxylic acids is 1. The molecule has 1 aromatic carbocycles. The van der Waals surface area contributed by atoms with Gasteiger partial charge >= 0.3 is 5.97 Å².